The maximum Gasteiger partial charge on any atom is 0.329 e. The summed E-state index contributed by atoms with van der Waals surface area (Å²) in [6, 6.07) is 14.4. The van der Waals surface area contributed by atoms with Crippen molar-refractivity contribution >= 4 is 18.0 Å². The van der Waals surface area contributed by atoms with Crippen LogP contribution in [0.5, 0.6) is 11.5 Å². The molecule has 0 unspecified atom stereocenters. The van der Waals surface area contributed by atoms with Gasteiger partial charge in [0, 0.05) is 0 Å². The zero-order valence-electron chi connectivity index (χ0n) is 16.3. The molecule has 0 bridgehead atoms. The van der Waals surface area contributed by atoms with Crippen molar-refractivity contribution in [3.05, 3.63) is 65.4 Å². The highest BCUT2D eigenvalue weighted by atomic mass is 16.5. The van der Waals surface area contributed by atoms with Crippen LogP contribution in [0.3, 0.4) is 0 Å². The lowest BCUT2D eigenvalue weighted by atomic mass is 10.1. The van der Waals surface area contributed by atoms with Crippen LogP contribution in [0, 0.1) is 0 Å². The molecule has 0 saturated carbocycles. The first-order valence-electron chi connectivity index (χ1n) is 9.25. The number of carbonyl (C=O) groups is 2. The van der Waals surface area contributed by atoms with Crippen LogP contribution in [-0.4, -0.2) is 30.1 Å². The number of hydrogen-bond acceptors (Lipinski definition) is 4. The van der Waals surface area contributed by atoms with Crippen molar-refractivity contribution in [2.45, 2.75) is 32.9 Å². The molecule has 0 radical (unpaired) electrons. The van der Waals surface area contributed by atoms with Gasteiger partial charge in [0.1, 0.15) is 5.70 Å². The number of imide groups is 1. The van der Waals surface area contributed by atoms with Crippen LogP contribution in [0.2, 0.25) is 0 Å². The summed E-state index contributed by atoms with van der Waals surface area (Å²) in [5.74, 6) is 0.867. The van der Waals surface area contributed by atoms with E-state index in [9.17, 15) is 9.59 Å². The van der Waals surface area contributed by atoms with Crippen molar-refractivity contribution in [2.24, 2.45) is 0 Å². The van der Waals surface area contributed by atoms with Crippen molar-refractivity contribution in [1.82, 2.24) is 10.2 Å². The van der Waals surface area contributed by atoms with Crippen LogP contribution < -0.4 is 14.8 Å². The molecule has 146 valence electrons. The molecular formula is C22H24N2O4. The standard InChI is InChI=1S/C22H24N2O4/c1-4-15(2)28-19-11-10-17(13-20(19)27-3)12-18-21(25)24(22(26)23-18)14-16-8-6-5-7-9-16/h5-13,15H,4,14H2,1-3H3,(H,23,26)/b18-12-/t15-/m1/s1. The van der Waals surface area contributed by atoms with Gasteiger partial charge in [-0.15, -0.1) is 0 Å². The minimum absolute atomic E-state index is 0.0698. The van der Waals surface area contributed by atoms with Gasteiger partial charge in [-0.1, -0.05) is 43.3 Å². The summed E-state index contributed by atoms with van der Waals surface area (Å²) in [6.07, 6.45) is 2.59. The molecule has 1 aliphatic rings. The van der Waals surface area contributed by atoms with Crippen molar-refractivity contribution in [2.75, 3.05) is 7.11 Å². The molecule has 0 aromatic heterocycles. The molecule has 2 aromatic rings. The number of carbonyl (C=O) groups excluding carboxylic acids is 2. The van der Waals surface area contributed by atoms with Gasteiger partial charge in [-0.25, -0.2) is 4.79 Å². The molecule has 2 aromatic carbocycles. The van der Waals surface area contributed by atoms with Crippen LogP contribution >= 0.6 is 0 Å². The summed E-state index contributed by atoms with van der Waals surface area (Å²) in [6.45, 7) is 4.27. The number of ether oxygens (including phenoxy) is 2. The van der Waals surface area contributed by atoms with E-state index in [1.54, 1.807) is 25.3 Å². The molecular weight excluding hydrogens is 356 g/mol. The summed E-state index contributed by atoms with van der Waals surface area (Å²) in [4.78, 5) is 26.1. The van der Waals surface area contributed by atoms with E-state index < -0.39 is 6.03 Å². The second-order valence-corrected chi connectivity index (χ2v) is 6.61. The number of nitrogens with one attached hydrogen (secondary N) is 1. The number of benzene rings is 2. The van der Waals surface area contributed by atoms with Gasteiger partial charge in [-0.2, -0.15) is 0 Å². The fourth-order valence-electron chi connectivity index (χ4n) is 2.82. The molecule has 0 aliphatic carbocycles. The predicted molar refractivity (Wildman–Crippen MR) is 107 cm³/mol. The molecule has 3 amide bonds. The van der Waals surface area contributed by atoms with Gasteiger partial charge in [0.25, 0.3) is 5.91 Å². The Morgan fingerprint density at radius 1 is 1.11 bits per heavy atom. The van der Waals surface area contributed by atoms with Gasteiger partial charge in [-0.3, -0.25) is 9.69 Å². The average molecular weight is 380 g/mol. The first-order valence-corrected chi connectivity index (χ1v) is 9.25. The molecule has 6 heteroatoms. The highest BCUT2D eigenvalue weighted by molar-refractivity contribution is 6.13. The summed E-state index contributed by atoms with van der Waals surface area (Å²) in [5, 5.41) is 2.64. The van der Waals surface area contributed by atoms with E-state index in [0.717, 1.165) is 17.5 Å². The van der Waals surface area contributed by atoms with Crippen LogP contribution in [0.4, 0.5) is 4.79 Å². The molecule has 6 nitrogen and oxygen atoms in total. The zero-order valence-corrected chi connectivity index (χ0v) is 16.3. The average Bonchev–Trinajstić information content (AvgIpc) is 2.97. The van der Waals surface area contributed by atoms with Gasteiger partial charge in [-0.05, 0) is 42.7 Å². The van der Waals surface area contributed by atoms with Gasteiger partial charge in [0.15, 0.2) is 11.5 Å². The zero-order chi connectivity index (χ0) is 20.1. The van der Waals surface area contributed by atoms with Crippen LogP contribution in [-0.2, 0) is 11.3 Å². The van der Waals surface area contributed by atoms with Crippen molar-refractivity contribution in [3.8, 4) is 11.5 Å². The van der Waals surface area contributed by atoms with Gasteiger partial charge in [0.2, 0.25) is 0 Å². The topological polar surface area (TPSA) is 67.9 Å². The first-order chi connectivity index (χ1) is 13.5. The Bertz CT molecular complexity index is 893. The van der Waals surface area contributed by atoms with E-state index in [2.05, 4.69) is 5.32 Å². The highest BCUT2D eigenvalue weighted by Crippen LogP contribution is 2.30. The summed E-state index contributed by atoms with van der Waals surface area (Å²) in [7, 11) is 1.57. The highest BCUT2D eigenvalue weighted by Gasteiger charge is 2.33. The van der Waals surface area contributed by atoms with E-state index in [-0.39, 0.29) is 24.3 Å². The first kappa shape index (κ1) is 19.5. The van der Waals surface area contributed by atoms with Crippen molar-refractivity contribution in [1.29, 1.82) is 0 Å². The van der Waals surface area contributed by atoms with Crippen LogP contribution in [0.15, 0.2) is 54.2 Å². The van der Waals surface area contributed by atoms with Crippen molar-refractivity contribution < 1.29 is 19.1 Å². The Morgan fingerprint density at radius 3 is 2.54 bits per heavy atom. The summed E-state index contributed by atoms with van der Waals surface area (Å²) in [5.41, 5.74) is 1.86. The number of nitrogens with zero attached hydrogens (tertiary/aromatic N) is 1. The Balaban J connectivity index is 1.79. The lowest BCUT2D eigenvalue weighted by Crippen LogP contribution is -2.30. The van der Waals surface area contributed by atoms with E-state index >= 15 is 0 Å². The third-order valence-corrected chi connectivity index (χ3v) is 4.55. The number of rotatable bonds is 7. The SMILES string of the molecule is CC[C@@H](C)Oc1ccc(/C=C2\NC(=O)N(Cc3ccccc3)C2=O)cc1OC. The Hall–Kier alpha value is -3.28. The van der Waals surface area contributed by atoms with Gasteiger partial charge >= 0.3 is 6.03 Å². The molecule has 1 saturated heterocycles. The fraction of sp³-hybridized carbons (Fsp3) is 0.273. The summed E-state index contributed by atoms with van der Waals surface area (Å²) >= 11 is 0. The second-order valence-electron chi connectivity index (χ2n) is 6.61. The monoisotopic (exact) mass is 380 g/mol. The van der Waals surface area contributed by atoms with Crippen molar-refractivity contribution in [3.63, 3.8) is 0 Å². The van der Waals surface area contributed by atoms with Crippen LogP contribution in [0.1, 0.15) is 31.4 Å². The van der Waals surface area contributed by atoms with Gasteiger partial charge < -0.3 is 14.8 Å². The summed E-state index contributed by atoms with van der Waals surface area (Å²) < 4.78 is 11.2. The second kappa shape index (κ2) is 8.61. The third kappa shape index (κ3) is 4.34. The van der Waals surface area contributed by atoms with Gasteiger partial charge in [0.05, 0.1) is 19.8 Å². The number of amides is 3. The maximum absolute atomic E-state index is 12.6. The molecule has 1 N–H and O–H groups in total. The number of hydrogen-bond donors (Lipinski definition) is 1. The molecule has 0 spiro atoms. The Morgan fingerprint density at radius 2 is 1.86 bits per heavy atom. The Labute approximate surface area is 164 Å². The van der Waals surface area contributed by atoms with E-state index in [0.29, 0.717) is 11.5 Å². The number of methoxy groups -OCH3 is 1. The van der Waals surface area contributed by atoms with E-state index in [1.807, 2.05) is 50.2 Å². The fourth-order valence-corrected chi connectivity index (χ4v) is 2.82. The van der Waals surface area contributed by atoms with Crippen LogP contribution in [0.25, 0.3) is 6.08 Å². The Kier molecular flexibility index (Phi) is 5.99. The molecule has 1 atom stereocenters. The molecule has 28 heavy (non-hydrogen) atoms. The lowest BCUT2D eigenvalue weighted by molar-refractivity contribution is -0.123. The lowest BCUT2D eigenvalue weighted by Gasteiger charge is -2.15. The van der Waals surface area contributed by atoms with E-state index in [1.165, 1.54) is 4.90 Å². The third-order valence-electron chi connectivity index (χ3n) is 4.55. The molecule has 1 aliphatic heterocycles. The normalized spacial score (nSPS) is 16.2. The minimum Gasteiger partial charge on any atom is -0.493 e. The van der Waals surface area contributed by atoms with E-state index in [4.69, 9.17) is 9.47 Å². The molecule has 1 heterocycles. The maximum atomic E-state index is 12.6. The quantitative estimate of drug-likeness (QED) is 0.583. The molecule has 3 rings (SSSR count). The smallest absolute Gasteiger partial charge is 0.329 e. The minimum atomic E-state index is -0.427. The molecule has 1 fully saturated rings. The number of urea groups is 1. The predicted octanol–water partition coefficient (Wildman–Crippen LogP) is 3.97. The largest absolute Gasteiger partial charge is 0.493 e.